The van der Waals surface area contributed by atoms with Crippen molar-refractivity contribution in [3.05, 3.63) is 0 Å². The molecule has 0 aromatic rings. The number of aliphatic carboxylic acids is 1. The lowest BCUT2D eigenvalue weighted by molar-refractivity contribution is -0.149. The highest BCUT2D eigenvalue weighted by atomic mass is 16.5. The van der Waals surface area contributed by atoms with Gasteiger partial charge in [0.2, 0.25) is 0 Å². The lowest BCUT2D eigenvalue weighted by Crippen LogP contribution is -2.63. The van der Waals surface area contributed by atoms with Crippen LogP contribution in [0, 0.1) is 16.7 Å². The van der Waals surface area contributed by atoms with Crippen LogP contribution in [-0.4, -0.2) is 54.4 Å². The molecule has 1 saturated heterocycles. The third-order valence-electron chi connectivity index (χ3n) is 6.34. The van der Waals surface area contributed by atoms with Crippen molar-refractivity contribution < 1.29 is 19.4 Å². The van der Waals surface area contributed by atoms with E-state index < -0.39 is 11.4 Å². The number of rotatable bonds is 3. The maximum absolute atomic E-state index is 12.5. The fourth-order valence-electron chi connectivity index (χ4n) is 4.56. The van der Waals surface area contributed by atoms with Crippen molar-refractivity contribution >= 4 is 12.0 Å². The van der Waals surface area contributed by atoms with Crippen molar-refractivity contribution in [3.63, 3.8) is 0 Å². The highest BCUT2D eigenvalue weighted by molar-refractivity contribution is 5.80. The number of carbonyl (C=O) groups excluding carboxylic acids is 1. The van der Waals surface area contributed by atoms with Crippen LogP contribution in [0.5, 0.6) is 0 Å². The number of methoxy groups -OCH3 is 1. The van der Waals surface area contributed by atoms with Gasteiger partial charge in [0.1, 0.15) is 0 Å². The number of hydrogen-bond donors (Lipinski definition) is 2. The Hall–Kier alpha value is -1.30. The van der Waals surface area contributed by atoms with E-state index in [2.05, 4.69) is 19.2 Å². The molecule has 2 amide bonds. The lowest BCUT2D eigenvalue weighted by atomic mass is 9.64. The van der Waals surface area contributed by atoms with E-state index in [1.165, 1.54) is 0 Å². The second kappa shape index (κ2) is 5.11. The van der Waals surface area contributed by atoms with E-state index >= 15 is 0 Å². The summed E-state index contributed by atoms with van der Waals surface area (Å²) in [5.74, 6) is -0.634. The summed E-state index contributed by atoms with van der Waals surface area (Å²) in [6.07, 6.45) is 3.55. The fourth-order valence-corrected chi connectivity index (χ4v) is 4.56. The Morgan fingerprint density at radius 2 is 2.09 bits per heavy atom. The van der Waals surface area contributed by atoms with Crippen molar-refractivity contribution in [1.82, 2.24) is 10.2 Å². The molecule has 4 atom stereocenters. The number of nitrogens with one attached hydrogen (secondary N) is 1. The number of amides is 2. The molecule has 3 fully saturated rings. The van der Waals surface area contributed by atoms with Gasteiger partial charge in [0, 0.05) is 31.7 Å². The van der Waals surface area contributed by atoms with Crippen LogP contribution in [0.2, 0.25) is 0 Å². The van der Waals surface area contributed by atoms with Crippen LogP contribution in [0.4, 0.5) is 4.79 Å². The molecule has 2 saturated carbocycles. The van der Waals surface area contributed by atoms with Gasteiger partial charge in [0.15, 0.2) is 0 Å². The molecule has 2 aliphatic carbocycles. The van der Waals surface area contributed by atoms with E-state index in [1.807, 2.05) is 0 Å². The molecule has 0 bridgehead atoms. The molecule has 1 heterocycles. The predicted molar refractivity (Wildman–Crippen MR) is 80.5 cm³/mol. The highest BCUT2D eigenvalue weighted by Gasteiger charge is 2.56. The third-order valence-corrected chi connectivity index (χ3v) is 6.34. The summed E-state index contributed by atoms with van der Waals surface area (Å²) in [6.45, 7) is 5.10. The van der Waals surface area contributed by atoms with Gasteiger partial charge < -0.3 is 20.1 Å². The minimum Gasteiger partial charge on any atom is -0.481 e. The number of carboxylic acid groups (broad SMARTS) is 1. The zero-order valence-electron chi connectivity index (χ0n) is 13.6. The topological polar surface area (TPSA) is 78.9 Å². The smallest absolute Gasteiger partial charge is 0.317 e. The standard InChI is InChI=1S/C16H26N2O4/c1-15(2)11(7-12(15)22-3)17-14(21)18-8-10-5-4-6-16(10,9-18)13(19)20/h10-12H,4-9H2,1-3H3,(H,17,21)(H,19,20)/t10-,11?,12?,16+/m0/s1. The molecule has 0 aromatic carbocycles. The fraction of sp³-hybridized carbons (Fsp3) is 0.875. The summed E-state index contributed by atoms with van der Waals surface area (Å²) < 4.78 is 5.40. The van der Waals surface area contributed by atoms with E-state index in [9.17, 15) is 14.7 Å². The summed E-state index contributed by atoms with van der Waals surface area (Å²) in [5.41, 5.74) is -0.786. The quantitative estimate of drug-likeness (QED) is 0.831. The maximum atomic E-state index is 12.5. The zero-order valence-corrected chi connectivity index (χ0v) is 13.6. The van der Waals surface area contributed by atoms with Gasteiger partial charge in [-0.3, -0.25) is 4.79 Å². The normalized spacial score (nSPS) is 39.2. The molecule has 0 radical (unpaired) electrons. The molecule has 3 rings (SSSR count). The monoisotopic (exact) mass is 310 g/mol. The molecular weight excluding hydrogens is 284 g/mol. The summed E-state index contributed by atoms with van der Waals surface area (Å²) in [5, 5.41) is 12.7. The average Bonchev–Trinajstić information content (AvgIpc) is 3.00. The number of hydrogen-bond acceptors (Lipinski definition) is 3. The van der Waals surface area contributed by atoms with Crippen molar-refractivity contribution in [2.24, 2.45) is 16.7 Å². The van der Waals surface area contributed by atoms with Crippen molar-refractivity contribution in [1.29, 1.82) is 0 Å². The van der Waals surface area contributed by atoms with Gasteiger partial charge in [-0.1, -0.05) is 20.3 Å². The van der Waals surface area contributed by atoms with Gasteiger partial charge in [-0.25, -0.2) is 4.79 Å². The van der Waals surface area contributed by atoms with E-state index in [-0.39, 0.29) is 29.5 Å². The summed E-state index contributed by atoms with van der Waals surface area (Å²) in [4.78, 5) is 25.9. The molecule has 0 aromatic heterocycles. The lowest BCUT2D eigenvalue weighted by Gasteiger charge is -2.51. The van der Waals surface area contributed by atoms with Crippen LogP contribution in [0.15, 0.2) is 0 Å². The second-order valence-corrected chi connectivity index (χ2v) is 7.71. The number of ether oxygens (including phenoxy) is 1. The first-order valence-corrected chi connectivity index (χ1v) is 8.13. The summed E-state index contributed by atoms with van der Waals surface area (Å²) >= 11 is 0. The number of urea groups is 1. The van der Waals surface area contributed by atoms with Crippen molar-refractivity contribution in [2.75, 3.05) is 20.2 Å². The molecule has 0 spiro atoms. The Balaban J connectivity index is 1.62. The van der Waals surface area contributed by atoms with Gasteiger partial charge in [-0.15, -0.1) is 0 Å². The van der Waals surface area contributed by atoms with Crippen molar-refractivity contribution in [2.45, 2.75) is 51.7 Å². The number of carbonyl (C=O) groups is 2. The molecule has 6 nitrogen and oxygen atoms in total. The van der Waals surface area contributed by atoms with Crippen LogP contribution in [0.3, 0.4) is 0 Å². The molecule has 1 aliphatic heterocycles. The van der Waals surface area contributed by atoms with E-state index in [4.69, 9.17) is 4.74 Å². The largest absolute Gasteiger partial charge is 0.481 e. The third kappa shape index (κ3) is 2.11. The zero-order chi connectivity index (χ0) is 16.1. The van der Waals surface area contributed by atoms with E-state index in [0.29, 0.717) is 19.5 Å². The molecular formula is C16H26N2O4. The number of likely N-dealkylation sites (tertiary alicyclic amines) is 1. The predicted octanol–water partition coefficient (Wildman–Crippen LogP) is 1.70. The first-order valence-electron chi connectivity index (χ1n) is 8.13. The first kappa shape index (κ1) is 15.6. The molecule has 22 heavy (non-hydrogen) atoms. The van der Waals surface area contributed by atoms with Crippen LogP contribution in [-0.2, 0) is 9.53 Å². The number of nitrogens with zero attached hydrogens (tertiary/aromatic N) is 1. The Kier molecular flexibility index (Phi) is 3.62. The second-order valence-electron chi connectivity index (χ2n) is 7.71. The SMILES string of the molecule is COC1CC(NC(=O)N2C[C@@H]3CCC[C@@]3(C(=O)O)C2)C1(C)C. The molecule has 3 aliphatic rings. The number of fused-ring (bicyclic) bond motifs is 1. The Morgan fingerprint density at radius 1 is 1.36 bits per heavy atom. The van der Waals surface area contributed by atoms with Crippen LogP contribution in [0.1, 0.15) is 39.5 Å². The van der Waals surface area contributed by atoms with E-state index in [0.717, 1.165) is 19.3 Å². The van der Waals surface area contributed by atoms with Gasteiger partial charge in [-0.2, -0.15) is 0 Å². The Bertz CT molecular complexity index is 493. The van der Waals surface area contributed by atoms with Crippen LogP contribution in [0.25, 0.3) is 0 Å². The minimum atomic E-state index is -0.742. The maximum Gasteiger partial charge on any atom is 0.317 e. The molecule has 6 heteroatoms. The van der Waals surface area contributed by atoms with Gasteiger partial charge in [0.05, 0.1) is 11.5 Å². The van der Waals surface area contributed by atoms with Gasteiger partial charge in [0.25, 0.3) is 0 Å². The Morgan fingerprint density at radius 3 is 2.64 bits per heavy atom. The van der Waals surface area contributed by atoms with Crippen LogP contribution >= 0.6 is 0 Å². The molecule has 2 N–H and O–H groups in total. The minimum absolute atomic E-state index is 0.0789. The first-order chi connectivity index (χ1) is 10.3. The van der Waals surface area contributed by atoms with Gasteiger partial charge in [-0.05, 0) is 25.2 Å². The summed E-state index contributed by atoms with van der Waals surface area (Å²) in [7, 11) is 1.70. The average molecular weight is 310 g/mol. The Labute approximate surface area is 131 Å². The van der Waals surface area contributed by atoms with Crippen LogP contribution < -0.4 is 5.32 Å². The molecule has 2 unspecified atom stereocenters. The molecule has 124 valence electrons. The van der Waals surface area contributed by atoms with E-state index in [1.54, 1.807) is 12.0 Å². The van der Waals surface area contributed by atoms with Gasteiger partial charge >= 0.3 is 12.0 Å². The number of carboxylic acids is 1. The van der Waals surface area contributed by atoms with Crippen molar-refractivity contribution in [3.8, 4) is 0 Å². The summed E-state index contributed by atoms with van der Waals surface area (Å²) in [6, 6.07) is -0.0335. The highest BCUT2D eigenvalue weighted by Crippen LogP contribution is 2.49.